The smallest absolute Gasteiger partial charge is 0.158 e. The van der Waals surface area contributed by atoms with Crippen molar-refractivity contribution in [3.05, 3.63) is 72.7 Å². The lowest BCUT2D eigenvalue weighted by Crippen LogP contribution is -2.31. The zero-order valence-electron chi connectivity index (χ0n) is 13.8. The highest BCUT2D eigenvalue weighted by Crippen LogP contribution is 2.14. The van der Waals surface area contributed by atoms with Crippen LogP contribution in [0.3, 0.4) is 0 Å². The fourth-order valence-corrected chi connectivity index (χ4v) is 2.79. The average Bonchev–Trinajstić information content (AvgIpc) is 3.04. The summed E-state index contributed by atoms with van der Waals surface area (Å²) in [5.74, 6) is 0.778. The van der Waals surface area contributed by atoms with Crippen molar-refractivity contribution in [3.63, 3.8) is 0 Å². The van der Waals surface area contributed by atoms with Crippen LogP contribution in [-0.2, 0) is 13.1 Å². The van der Waals surface area contributed by atoms with Gasteiger partial charge in [0.1, 0.15) is 5.69 Å². The van der Waals surface area contributed by atoms with Crippen molar-refractivity contribution in [2.45, 2.75) is 19.2 Å². The number of nitrogens with zero attached hydrogens (tertiary/aromatic N) is 4. The van der Waals surface area contributed by atoms with E-state index in [0.29, 0.717) is 13.1 Å². The predicted octanol–water partition coefficient (Wildman–Crippen LogP) is 2.44. The molecule has 0 saturated heterocycles. The van der Waals surface area contributed by atoms with Gasteiger partial charge in [-0.3, -0.25) is 9.88 Å². The Morgan fingerprint density at radius 2 is 1.83 bits per heavy atom. The minimum atomic E-state index is -0.477. The zero-order chi connectivity index (χ0) is 16.8. The molecule has 1 aromatic carbocycles. The lowest BCUT2D eigenvalue weighted by molar-refractivity contribution is 0.107. The first kappa shape index (κ1) is 16.4. The number of likely N-dealkylation sites (N-methyl/N-ethyl adjacent to an activating group) is 1. The van der Waals surface area contributed by atoms with Gasteiger partial charge in [-0.2, -0.15) is 0 Å². The van der Waals surface area contributed by atoms with Gasteiger partial charge in [-0.15, -0.1) is 0 Å². The van der Waals surface area contributed by atoms with Crippen molar-refractivity contribution < 1.29 is 5.11 Å². The Kier molecular flexibility index (Phi) is 5.36. The summed E-state index contributed by atoms with van der Waals surface area (Å²) >= 11 is 0. The highest BCUT2D eigenvalue weighted by molar-refractivity contribution is 5.49. The first-order valence-corrected chi connectivity index (χ1v) is 8.05. The Morgan fingerprint density at radius 1 is 1.04 bits per heavy atom. The molecule has 1 N–H and O–H groups in total. The maximum Gasteiger partial charge on any atom is 0.158 e. The van der Waals surface area contributed by atoms with Gasteiger partial charge in [-0.25, -0.2) is 4.98 Å². The largest absolute Gasteiger partial charge is 0.390 e. The van der Waals surface area contributed by atoms with Gasteiger partial charge in [-0.1, -0.05) is 36.4 Å². The Morgan fingerprint density at radius 3 is 2.58 bits per heavy atom. The lowest BCUT2D eigenvalue weighted by Gasteiger charge is -2.21. The van der Waals surface area contributed by atoms with Gasteiger partial charge in [0.25, 0.3) is 0 Å². The summed E-state index contributed by atoms with van der Waals surface area (Å²) in [4.78, 5) is 10.8. The van der Waals surface area contributed by atoms with Gasteiger partial charge in [0.2, 0.25) is 0 Å². The first-order chi connectivity index (χ1) is 11.7. The van der Waals surface area contributed by atoms with Crippen LogP contribution in [0.1, 0.15) is 5.56 Å². The fourth-order valence-electron chi connectivity index (χ4n) is 2.79. The van der Waals surface area contributed by atoms with Crippen molar-refractivity contribution in [2.24, 2.45) is 0 Å². The zero-order valence-corrected chi connectivity index (χ0v) is 13.8. The number of benzene rings is 1. The topological polar surface area (TPSA) is 54.2 Å². The fraction of sp³-hybridized carbons (Fsp3) is 0.263. The minimum absolute atomic E-state index is 0.477. The molecule has 2 aromatic heterocycles. The Bertz CT molecular complexity index is 742. The van der Waals surface area contributed by atoms with E-state index in [0.717, 1.165) is 18.1 Å². The van der Waals surface area contributed by atoms with Gasteiger partial charge in [-0.05, 0) is 24.7 Å². The molecule has 124 valence electrons. The summed E-state index contributed by atoms with van der Waals surface area (Å²) in [5, 5.41) is 10.4. The van der Waals surface area contributed by atoms with Crippen molar-refractivity contribution in [3.8, 4) is 11.5 Å². The number of pyridine rings is 1. The number of imidazole rings is 1. The van der Waals surface area contributed by atoms with Gasteiger partial charge in [0, 0.05) is 31.7 Å². The highest BCUT2D eigenvalue weighted by atomic mass is 16.3. The molecule has 3 rings (SSSR count). The quantitative estimate of drug-likeness (QED) is 0.726. The standard InChI is InChI=1S/C19H22N4O/c1-22(13-16-7-3-2-4-8-16)14-17(24)15-23-12-11-21-19(23)18-9-5-6-10-20-18/h2-12,17,24H,13-15H2,1H3. The third-order valence-corrected chi connectivity index (χ3v) is 3.83. The summed E-state index contributed by atoms with van der Waals surface area (Å²) < 4.78 is 1.95. The number of aromatic nitrogens is 3. The van der Waals surface area contributed by atoms with Gasteiger partial charge >= 0.3 is 0 Å². The van der Waals surface area contributed by atoms with E-state index in [2.05, 4.69) is 27.0 Å². The summed E-state index contributed by atoms with van der Waals surface area (Å²) in [6.45, 7) is 1.90. The van der Waals surface area contributed by atoms with E-state index < -0.39 is 6.10 Å². The van der Waals surface area contributed by atoms with Crippen LogP contribution in [0.25, 0.3) is 11.5 Å². The maximum atomic E-state index is 10.4. The molecular formula is C19H22N4O. The Balaban J connectivity index is 1.59. The van der Waals surface area contributed by atoms with Crippen molar-refractivity contribution in [1.29, 1.82) is 0 Å². The number of aliphatic hydroxyl groups is 1. The molecule has 1 unspecified atom stereocenters. The second kappa shape index (κ2) is 7.86. The highest BCUT2D eigenvalue weighted by Gasteiger charge is 2.13. The summed E-state index contributed by atoms with van der Waals surface area (Å²) in [7, 11) is 2.02. The average molecular weight is 322 g/mol. The van der Waals surface area contributed by atoms with Crippen LogP contribution >= 0.6 is 0 Å². The maximum absolute atomic E-state index is 10.4. The monoisotopic (exact) mass is 322 g/mol. The van der Waals surface area contributed by atoms with E-state index in [9.17, 15) is 5.11 Å². The number of aliphatic hydroxyl groups excluding tert-OH is 1. The molecule has 24 heavy (non-hydrogen) atoms. The van der Waals surface area contributed by atoms with Crippen LogP contribution in [0.5, 0.6) is 0 Å². The van der Waals surface area contributed by atoms with Crippen molar-refractivity contribution in [2.75, 3.05) is 13.6 Å². The van der Waals surface area contributed by atoms with E-state index in [1.165, 1.54) is 5.56 Å². The van der Waals surface area contributed by atoms with Crippen LogP contribution in [0.2, 0.25) is 0 Å². The van der Waals surface area contributed by atoms with Crippen LogP contribution < -0.4 is 0 Å². The van der Waals surface area contributed by atoms with E-state index in [1.807, 2.05) is 54.2 Å². The van der Waals surface area contributed by atoms with Gasteiger partial charge < -0.3 is 9.67 Å². The van der Waals surface area contributed by atoms with Crippen molar-refractivity contribution in [1.82, 2.24) is 19.4 Å². The summed E-state index contributed by atoms with van der Waals surface area (Å²) in [5.41, 5.74) is 2.05. The predicted molar refractivity (Wildman–Crippen MR) is 94.2 cm³/mol. The second-order valence-electron chi connectivity index (χ2n) is 5.95. The molecule has 5 heteroatoms. The van der Waals surface area contributed by atoms with E-state index >= 15 is 0 Å². The molecule has 0 fully saturated rings. The van der Waals surface area contributed by atoms with E-state index in [4.69, 9.17) is 0 Å². The SMILES string of the molecule is CN(Cc1ccccc1)CC(O)Cn1ccnc1-c1ccccn1. The third kappa shape index (κ3) is 4.28. The molecule has 1 atom stereocenters. The second-order valence-corrected chi connectivity index (χ2v) is 5.95. The molecule has 0 spiro atoms. The number of rotatable bonds is 7. The number of hydrogen-bond donors (Lipinski definition) is 1. The van der Waals surface area contributed by atoms with E-state index in [1.54, 1.807) is 12.4 Å². The molecular weight excluding hydrogens is 300 g/mol. The summed E-state index contributed by atoms with van der Waals surface area (Å²) in [6.07, 6.45) is 4.89. The molecule has 5 nitrogen and oxygen atoms in total. The number of hydrogen-bond acceptors (Lipinski definition) is 4. The Labute approximate surface area is 142 Å². The normalized spacial score (nSPS) is 12.5. The molecule has 0 aliphatic heterocycles. The summed E-state index contributed by atoms with van der Waals surface area (Å²) in [6, 6.07) is 16.0. The lowest BCUT2D eigenvalue weighted by atomic mass is 10.2. The third-order valence-electron chi connectivity index (χ3n) is 3.83. The van der Waals surface area contributed by atoms with Crippen LogP contribution in [0, 0.1) is 0 Å². The Hall–Kier alpha value is -2.50. The molecule has 3 aromatic rings. The molecule has 0 aliphatic carbocycles. The van der Waals surface area contributed by atoms with Crippen LogP contribution in [0.4, 0.5) is 0 Å². The molecule has 0 amide bonds. The molecule has 0 saturated carbocycles. The van der Waals surface area contributed by atoms with Gasteiger partial charge in [0.05, 0.1) is 12.6 Å². The molecule has 0 bridgehead atoms. The molecule has 2 heterocycles. The van der Waals surface area contributed by atoms with Crippen molar-refractivity contribution >= 4 is 0 Å². The van der Waals surface area contributed by atoms with Crippen LogP contribution in [0.15, 0.2) is 67.1 Å². The first-order valence-electron chi connectivity index (χ1n) is 8.05. The van der Waals surface area contributed by atoms with Crippen LogP contribution in [-0.4, -0.2) is 44.2 Å². The van der Waals surface area contributed by atoms with Gasteiger partial charge in [0.15, 0.2) is 5.82 Å². The van der Waals surface area contributed by atoms with E-state index in [-0.39, 0.29) is 0 Å². The molecule has 0 aliphatic rings. The molecule has 0 radical (unpaired) electrons. The minimum Gasteiger partial charge on any atom is -0.390 e.